The Bertz CT molecular complexity index is 441. The average Bonchev–Trinajstić information content (AvgIpc) is 2.39. The number of carbonyl (C=O) groups excluding carboxylic acids is 1. The maximum atomic E-state index is 12.9. The maximum Gasteiger partial charge on any atom is 0.410 e. The third kappa shape index (κ3) is 5.94. The molecule has 1 rings (SSSR count). The molecule has 140 valence electrons. The van der Waals surface area contributed by atoms with Gasteiger partial charge >= 0.3 is 6.09 Å². The predicted molar refractivity (Wildman–Crippen MR) is 106 cm³/mol. The van der Waals surface area contributed by atoms with Gasteiger partial charge in [0.15, 0.2) is 0 Å². The third-order valence-electron chi connectivity index (χ3n) is 4.94. The summed E-state index contributed by atoms with van der Waals surface area (Å²) in [4.78, 5) is 14.8. The Morgan fingerprint density at radius 1 is 0.958 bits per heavy atom. The molecule has 0 N–H and O–H groups in total. The highest BCUT2D eigenvalue weighted by Gasteiger charge is 2.36. The van der Waals surface area contributed by atoms with E-state index in [2.05, 4.69) is 54.3 Å². The van der Waals surface area contributed by atoms with E-state index in [-0.39, 0.29) is 23.9 Å². The number of carbonyl (C=O) groups is 1. The largest absolute Gasteiger partial charge is 0.446 e. The fourth-order valence-electron chi connectivity index (χ4n) is 3.74. The zero-order chi connectivity index (χ0) is 18.5. The summed E-state index contributed by atoms with van der Waals surface area (Å²) in [6.45, 7) is 17.5. The van der Waals surface area contributed by atoms with Gasteiger partial charge in [-0.3, -0.25) is 0 Å². The van der Waals surface area contributed by atoms with Gasteiger partial charge in [0.05, 0.1) is 8.07 Å². The molecule has 1 amide bonds. The lowest BCUT2D eigenvalue weighted by atomic mass is 9.94. The molecule has 0 aromatic carbocycles. The van der Waals surface area contributed by atoms with Gasteiger partial charge in [0.1, 0.15) is 5.73 Å². The van der Waals surface area contributed by atoms with E-state index in [4.69, 9.17) is 4.74 Å². The van der Waals surface area contributed by atoms with Crippen LogP contribution in [0.25, 0.3) is 0 Å². The van der Waals surface area contributed by atoms with Crippen molar-refractivity contribution < 1.29 is 9.53 Å². The molecule has 0 spiro atoms. The minimum Gasteiger partial charge on any atom is -0.446 e. The van der Waals surface area contributed by atoms with Gasteiger partial charge in [-0.25, -0.2) is 4.79 Å². The van der Waals surface area contributed by atoms with Gasteiger partial charge in [0.2, 0.25) is 0 Å². The maximum absolute atomic E-state index is 12.9. The van der Waals surface area contributed by atoms with Crippen molar-refractivity contribution in [1.82, 2.24) is 4.90 Å². The normalized spacial score (nSPS) is 21.4. The number of nitrogens with zero attached hydrogens (tertiary/aromatic N) is 1. The van der Waals surface area contributed by atoms with Crippen LogP contribution in [-0.4, -0.2) is 36.9 Å². The van der Waals surface area contributed by atoms with E-state index < -0.39 is 8.07 Å². The Labute approximate surface area is 150 Å². The molecule has 3 nitrogen and oxygen atoms in total. The van der Waals surface area contributed by atoms with Crippen molar-refractivity contribution in [3.05, 3.63) is 11.1 Å². The Kier molecular flexibility index (Phi) is 8.04. The molecule has 4 heteroatoms. The molecule has 0 saturated carbocycles. The average molecular weight is 354 g/mol. The number of hydrogen-bond donors (Lipinski definition) is 0. The third-order valence-corrected chi connectivity index (χ3v) is 6.98. The van der Waals surface area contributed by atoms with Gasteiger partial charge in [-0.1, -0.05) is 38.1 Å². The number of allylic oxidation sites excluding steroid dienone is 1. The van der Waals surface area contributed by atoms with Crippen LogP contribution in [0.1, 0.15) is 73.1 Å². The van der Waals surface area contributed by atoms with Crippen LogP contribution < -0.4 is 0 Å². The Morgan fingerprint density at radius 2 is 1.46 bits per heavy atom. The first-order chi connectivity index (χ1) is 11.1. The first-order valence-electron chi connectivity index (χ1n) is 9.73. The Balaban J connectivity index is 3.09. The van der Waals surface area contributed by atoms with E-state index in [1.165, 1.54) is 36.8 Å². The van der Waals surface area contributed by atoms with Crippen LogP contribution in [0.3, 0.4) is 0 Å². The molecule has 0 bridgehead atoms. The van der Waals surface area contributed by atoms with Crippen molar-refractivity contribution in [2.45, 2.75) is 111 Å². The van der Waals surface area contributed by atoms with Crippen molar-refractivity contribution in [1.29, 1.82) is 0 Å². The van der Waals surface area contributed by atoms with Crippen LogP contribution in [0.15, 0.2) is 11.1 Å². The highest BCUT2D eigenvalue weighted by atomic mass is 28.3. The molecule has 0 fully saturated rings. The zero-order valence-electron chi connectivity index (χ0n) is 17.2. The van der Waals surface area contributed by atoms with Crippen molar-refractivity contribution >= 4 is 14.2 Å². The summed E-state index contributed by atoms with van der Waals surface area (Å²) in [5.74, 6) is 0. The number of ether oxygens (including phenoxy) is 1. The molecule has 0 unspecified atom stereocenters. The highest BCUT2D eigenvalue weighted by molar-refractivity contribution is 6.78. The molecule has 0 radical (unpaired) electrons. The molecule has 1 aliphatic rings. The summed E-state index contributed by atoms with van der Waals surface area (Å²) in [7, 11) is -1.66. The predicted octanol–water partition coefficient (Wildman–Crippen LogP) is 6.16. The molecule has 1 aliphatic carbocycles. The van der Waals surface area contributed by atoms with Gasteiger partial charge in [-0.15, -0.1) is 0 Å². The van der Waals surface area contributed by atoms with Gasteiger partial charge in [0.25, 0.3) is 0 Å². The minimum atomic E-state index is -1.66. The van der Waals surface area contributed by atoms with Gasteiger partial charge in [-0.05, 0) is 65.9 Å². The highest BCUT2D eigenvalue weighted by Crippen LogP contribution is 2.31. The second kappa shape index (κ2) is 9.07. The molecular weight excluding hydrogens is 314 g/mol. The van der Waals surface area contributed by atoms with E-state index in [1.807, 2.05) is 4.90 Å². The summed E-state index contributed by atoms with van der Waals surface area (Å²) < 4.78 is 6.20. The first-order valence-corrected chi connectivity index (χ1v) is 13.3. The number of rotatable bonds is 5. The van der Waals surface area contributed by atoms with E-state index >= 15 is 0 Å². The Morgan fingerprint density at radius 3 is 1.92 bits per heavy atom. The summed E-state index contributed by atoms with van der Waals surface area (Å²) in [6, 6.07) is 0.319. The van der Waals surface area contributed by atoms with Gasteiger partial charge in [0, 0.05) is 12.1 Å². The SMILES string of the molecule is C/C1=C(\[C@H](OC(=O)N(C(C)C)C(C)C)[Si](C)(C)C)CCCCCC1. The summed E-state index contributed by atoms with van der Waals surface area (Å²) in [5, 5.41) is 0. The smallest absolute Gasteiger partial charge is 0.410 e. The summed E-state index contributed by atoms with van der Waals surface area (Å²) in [6.07, 6.45) is 7.23. The molecule has 0 saturated heterocycles. The van der Waals surface area contributed by atoms with E-state index in [0.717, 1.165) is 12.8 Å². The molecule has 0 aliphatic heterocycles. The number of hydrogen-bond acceptors (Lipinski definition) is 2. The molecule has 0 aromatic rings. The van der Waals surface area contributed by atoms with Crippen LogP contribution in [0.4, 0.5) is 4.79 Å². The molecule has 1 atom stereocenters. The van der Waals surface area contributed by atoms with Crippen molar-refractivity contribution in [3.63, 3.8) is 0 Å². The molecule has 0 heterocycles. The van der Waals surface area contributed by atoms with Crippen molar-refractivity contribution in [2.24, 2.45) is 0 Å². The number of amides is 1. The monoisotopic (exact) mass is 353 g/mol. The van der Waals surface area contributed by atoms with Gasteiger partial charge in [-0.2, -0.15) is 0 Å². The fourth-order valence-corrected chi connectivity index (χ4v) is 5.63. The van der Waals surface area contributed by atoms with E-state index in [9.17, 15) is 4.79 Å². The van der Waals surface area contributed by atoms with Gasteiger partial charge < -0.3 is 9.64 Å². The van der Waals surface area contributed by atoms with Crippen molar-refractivity contribution in [3.8, 4) is 0 Å². The van der Waals surface area contributed by atoms with E-state index in [1.54, 1.807) is 0 Å². The molecule has 24 heavy (non-hydrogen) atoms. The van der Waals surface area contributed by atoms with Crippen LogP contribution in [0, 0.1) is 0 Å². The lowest BCUT2D eigenvalue weighted by molar-refractivity contribution is 0.0731. The van der Waals surface area contributed by atoms with Crippen LogP contribution in [0.5, 0.6) is 0 Å². The minimum absolute atomic E-state index is 0.00287. The second-order valence-electron chi connectivity index (χ2n) is 8.94. The molecular formula is C20H39NO2Si. The lowest BCUT2D eigenvalue weighted by Gasteiger charge is -2.37. The Hall–Kier alpha value is -0.773. The summed E-state index contributed by atoms with van der Waals surface area (Å²) >= 11 is 0. The second-order valence-corrected chi connectivity index (χ2v) is 14.2. The van der Waals surface area contributed by atoms with Crippen LogP contribution >= 0.6 is 0 Å². The first kappa shape index (κ1) is 21.3. The standard InChI is InChI=1S/C20H39NO2Si/c1-15(2)21(16(3)4)20(22)23-19(24(6,7)8)18-14-12-10-9-11-13-17(18)5/h15-16,19H,9-14H2,1-8H3/b18-17+/t19-/m1/s1. The fraction of sp³-hybridized carbons (Fsp3) is 0.850. The van der Waals surface area contributed by atoms with E-state index in [0.29, 0.717) is 0 Å². The van der Waals surface area contributed by atoms with Crippen LogP contribution in [0.2, 0.25) is 19.6 Å². The van der Waals surface area contributed by atoms with Crippen molar-refractivity contribution in [2.75, 3.05) is 0 Å². The molecule has 0 aromatic heterocycles. The quantitative estimate of drug-likeness (QED) is 0.437. The zero-order valence-corrected chi connectivity index (χ0v) is 18.2. The lowest BCUT2D eigenvalue weighted by Crippen LogP contribution is -2.49. The topological polar surface area (TPSA) is 29.5 Å². The van der Waals surface area contributed by atoms with Crippen LogP contribution in [-0.2, 0) is 4.74 Å². The summed E-state index contributed by atoms with van der Waals surface area (Å²) in [5.41, 5.74) is 2.90.